The van der Waals surface area contributed by atoms with Crippen molar-refractivity contribution in [2.45, 2.75) is 98.4 Å². The average Bonchev–Trinajstić information content (AvgIpc) is 3.18. The van der Waals surface area contributed by atoms with Crippen molar-refractivity contribution in [3.05, 3.63) is 93.5 Å². The molecule has 0 saturated carbocycles. The first-order chi connectivity index (χ1) is 18.5. The minimum absolute atomic E-state index is 0.356. The molecule has 1 aliphatic heterocycles. The van der Waals surface area contributed by atoms with E-state index in [0.717, 1.165) is 13.1 Å². The SMILES string of the molecule is Cc1cc(C)c(N2CCN(c3c(C)cc(C)cc3C)C2=P[As](C(C)(C)C)C(C)(C)C)c(C)c1.Cc1ccccc1. The first kappa shape index (κ1) is 32.5. The summed E-state index contributed by atoms with van der Waals surface area (Å²) in [6, 6.07) is 19.7. The van der Waals surface area contributed by atoms with Crippen LogP contribution >= 0.6 is 6.76 Å². The van der Waals surface area contributed by atoms with Gasteiger partial charge >= 0.3 is 210 Å². The van der Waals surface area contributed by atoms with Crippen LogP contribution in [0.25, 0.3) is 0 Å². The molecule has 4 heteroatoms. The number of nitrogens with zero attached hydrogens (tertiary/aromatic N) is 2. The molecular formula is C36H52AsN2P. The zero-order valence-corrected chi connectivity index (χ0v) is 30.2. The van der Waals surface area contributed by atoms with Crippen LogP contribution in [-0.2, 0) is 0 Å². The van der Waals surface area contributed by atoms with E-state index in [1.54, 1.807) is 6.76 Å². The van der Waals surface area contributed by atoms with Gasteiger partial charge in [0.2, 0.25) is 0 Å². The van der Waals surface area contributed by atoms with Crippen LogP contribution in [0.5, 0.6) is 0 Å². The normalized spacial score (nSPS) is 14.2. The third kappa shape index (κ3) is 7.83. The number of hydrogen-bond acceptors (Lipinski definition) is 0. The van der Waals surface area contributed by atoms with E-state index in [2.05, 4.69) is 136 Å². The number of anilines is 2. The van der Waals surface area contributed by atoms with E-state index < -0.39 is 14.2 Å². The van der Waals surface area contributed by atoms with E-state index in [-0.39, 0.29) is 0 Å². The Balaban J connectivity index is 0.000000547. The predicted octanol–water partition coefficient (Wildman–Crippen LogP) is 10.5. The monoisotopic (exact) mass is 618 g/mol. The van der Waals surface area contributed by atoms with Crippen LogP contribution in [0.1, 0.15) is 80.5 Å². The summed E-state index contributed by atoms with van der Waals surface area (Å²) in [5.41, 5.74) is 13.9. The first-order valence-electron chi connectivity index (χ1n) is 14.6. The number of benzene rings is 3. The van der Waals surface area contributed by atoms with Gasteiger partial charge in [-0.2, -0.15) is 0 Å². The molecular weight excluding hydrogens is 566 g/mol. The predicted molar refractivity (Wildman–Crippen MR) is 184 cm³/mol. The number of hydrogen-bond donors (Lipinski definition) is 0. The van der Waals surface area contributed by atoms with E-state index in [1.807, 2.05) is 18.2 Å². The maximum atomic E-state index is 2.67. The summed E-state index contributed by atoms with van der Waals surface area (Å²) in [6.07, 6.45) is 0. The Morgan fingerprint density at radius 2 is 0.900 bits per heavy atom. The molecule has 0 atom stereocenters. The van der Waals surface area contributed by atoms with Crippen LogP contribution < -0.4 is 9.80 Å². The Morgan fingerprint density at radius 1 is 0.550 bits per heavy atom. The molecule has 4 rings (SSSR count). The van der Waals surface area contributed by atoms with Gasteiger partial charge < -0.3 is 0 Å². The van der Waals surface area contributed by atoms with Crippen LogP contribution in [0.2, 0.25) is 8.41 Å². The second-order valence-electron chi connectivity index (χ2n) is 13.5. The largest absolute Gasteiger partial charge is 0.0622 e. The van der Waals surface area contributed by atoms with Crippen LogP contribution in [-0.4, -0.2) is 32.8 Å². The summed E-state index contributed by atoms with van der Waals surface area (Å²) < 4.78 is 0.711. The zero-order chi connectivity index (χ0) is 30.0. The van der Waals surface area contributed by atoms with Crippen molar-refractivity contribution in [1.29, 1.82) is 0 Å². The van der Waals surface area contributed by atoms with E-state index in [4.69, 9.17) is 0 Å². The summed E-state index contributed by atoms with van der Waals surface area (Å²) in [5, 5.41) is 0. The topological polar surface area (TPSA) is 6.48 Å². The summed E-state index contributed by atoms with van der Waals surface area (Å²) in [4.78, 5) is 5.34. The molecule has 1 fully saturated rings. The molecule has 0 aliphatic carbocycles. The van der Waals surface area contributed by atoms with Crippen molar-refractivity contribution < 1.29 is 0 Å². The molecule has 3 aromatic rings. The van der Waals surface area contributed by atoms with Gasteiger partial charge in [-0.1, -0.05) is 35.9 Å². The molecule has 40 heavy (non-hydrogen) atoms. The van der Waals surface area contributed by atoms with Gasteiger partial charge in [-0.05, 0) is 6.92 Å². The summed E-state index contributed by atoms with van der Waals surface area (Å²) in [5.74, 6) is 0. The molecule has 0 spiro atoms. The van der Waals surface area contributed by atoms with Crippen molar-refractivity contribution in [1.82, 2.24) is 0 Å². The third-order valence-corrected chi connectivity index (χ3v) is 22.1. The van der Waals surface area contributed by atoms with Crippen molar-refractivity contribution in [3.63, 3.8) is 0 Å². The van der Waals surface area contributed by atoms with Crippen LogP contribution in [0.15, 0.2) is 54.6 Å². The van der Waals surface area contributed by atoms with Crippen molar-refractivity contribution in [2.24, 2.45) is 0 Å². The fraction of sp³-hybridized carbons (Fsp3) is 0.472. The Kier molecular flexibility index (Phi) is 10.5. The third-order valence-electron chi connectivity index (χ3n) is 7.24. The Labute approximate surface area is 251 Å². The van der Waals surface area contributed by atoms with Gasteiger partial charge in [-0.15, -0.1) is 0 Å². The minimum Gasteiger partial charge on any atom is -0.0622 e. The van der Waals surface area contributed by atoms with E-state index >= 15 is 0 Å². The Bertz CT molecular complexity index is 1220. The molecule has 216 valence electrons. The number of rotatable bonds is 3. The molecule has 0 unspecified atom stereocenters. The summed E-state index contributed by atoms with van der Waals surface area (Å²) in [6.45, 7) is 34.2. The van der Waals surface area contributed by atoms with Crippen LogP contribution in [0, 0.1) is 48.5 Å². The van der Waals surface area contributed by atoms with Gasteiger partial charge in [-0.25, -0.2) is 0 Å². The van der Waals surface area contributed by atoms with Gasteiger partial charge in [-0.3, -0.25) is 0 Å². The molecule has 0 radical (unpaired) electrons. The van der Waals surface area contributed by atoms with Crippen LogP contribution in [0.4, 0.5) is 11.4 Å². The minimum atomic E-state index is -1.31. The fourth-order valence-corrected chi connectivity index (χ4v) is 18.1. The molecule has 0 bridgehead atoms. The second kappa shape index (κ2) is 12.9. The smallest absolute Gasteiger partial charge is 0.0398 e. The molecule has 3 aromatic carbocycles. The quantitative estimate of drug-likeness (QED) is 0.213. The van der Waals surface area contributed by atoms with E-state index in [0.29, 0.717) is 8.41 Å². The van der Waals surface area contributed by atoms with Crippen molar-refractivity contribution >= 4 is 37.9 Å². The molecule has 2 nitrogen and oxygen atoms in total. The fourth-order valence-electron chi connectivity index (χ4n) is 6.20. The summed E-state index contributed by atoms with van der Waals surface area (Å²) >= 11 is -1.31. The van der Waals surface area contributed by atoms with E-state index in [9.17, 15) is 0 Å². The van der Waals surface area contributed by atoms with Gasteiger partial charge in [0.15, 0.2) is 0 Å². The van der Waals surface area contributed by atoms with Crippen LogP contribution in [0.3, 0.4) is 0 Å². The molecule has 1 saturated heterocycles. The maximum absolute atomic E-state index is 2.67. The number of aryl methyl sites for hydroxylation is 7. The molecule has 0 aromatic heterocycles. The zero-order valence-electron chi connectivity index (χ0n) is 27.4. The average molecular weight is 619 g/mol. The molecule has 1 aliphatic rings. The first-order valence-corrected chi connectivity index (χ1v) is 19.9. The van der Waals surface area contributed by atoms with Gasteiger partial charge in [0.05, 0.1) is 0 Å². The molecule has 0 N–H and O–H groups in total. The van der Waals surface area contributed by atoms with Gasteiger partial charge in [0.25, 0.3) is 0 Å². The summed E-state index contributed by atoms with van der Waals surface area (Å²) in [7, 11) is 0. The van der Waals surface area contributed by atoms with Crippen molar-refractivity contribution in [2.75, 3.05) is 22.9 Å². The molecule has 0 amide bonds. The van der Waals surface area contributed by atoms with Crippen molar-refractivity contribution in [3.8, 4) is 0 Å². The van der Waals surface area contributed by atoms with Gasteiger partial charge in [0, 0.05) is 0 Å². The van der Waals surface area contributed by atoms with Gasteiger partial charge in [0.1, 0.15) is 0 Å². The standard InChI is InChI=1S/C29H44AsN2P.C7H8/c1-19-15-21(3)25(22(4)16-19)31-13-14-32(26-23(5)17-20(2)18-24(26)6)27(31)33-30(28(7,8)9)29(10,11)12;1-7-5-3-2-4-6-7/h15-18H,13-14H2,1-12H3;2-6H,1H3. The maximum Gasteiger partial charge on any atom is -0.0398 e. The van der Waals surface area contributed by atoms with E-state index in [1.165, 1.54) is 55.9 Å². The second-order valence-corrected chi connectivity index (χ2v) is 24.4. The molecule has 1 heterocycles. The Hall–Kier alpha value is -2.01. The Morgan fingerprint density at radius 3 is 1.18 bits per heavy atom.